The average molecular weight is 469 g/mol. The highest BCUT2D eigenvalue weighted by molar-refractivity contribution is 5.74. The van der Waals surface area contributed by atoms with Crippen molar-refractivity contribution in [2.24, 2.45) is 11.7 Å². The first-order valence-corrected chi connectivity index (χ1v) is 11.6. The molecule has 3 aliphatic rings. The van der Waals surface area contributed by atoms with E-state index in [1.54, 1.807) is 11.1 Å². The van der Waals surface area contributed by atoms with Gasteiger partial charge in [-0.25, -0.2) is 14.2 Å². The van der Waals surface area contributed by atoms with Crippen LogP contribution in [-0.2, 0) is 9.53 Å². The van der Waals surface area contributed by atoms with E-state index in [4.69, 9.17) is 15.2 Å². The van der Waals surface area contributed by atoms with Gasteiger partial charge in [0.25, 0.3) is 0 Å². The number of carbonyl (C=O) groups is 2. The number of primary amides is 1. The zero-order valence-corrected chi connectivity index (χ0v) is 19.1. The molecule has 0 aromatic heterocycles. The van der Waals surface area contributed by atoms with E-state index in [9.17, 15) is 14.0 Å². The quantitative estimate of drug-likeness (QED) is 0.725. The number of hydrazine groups is 1. The Morgan fingerprint density at radius 2 is 1.88 bits per heavy atom. The lowest BCUT2D eigenvalue weighted by molar-refractivity contribution is -0.130. The second-order valence-electron chi connectivity index (χ2n) is 9.05. The molecule has 0 saturated carbocycles. The number of nitrogens with zero attached hydrogens (tertiary/aromatic N) is 3. The molecule has 3 heterocycles. The van der Waals surface area contributed by atoms with E-state index < -0.39 is 30.2 Å². The summed E-state index contributed by atoms with van der Waals surface area (Å²) >= 11 is 0. The molecule has 180 valence electrons. The Morgan fingerprint density at radius 1 is 1.15 bits per heavy atom. The Morgan fingerprint density at radius 3 is 2.56 bits per heavy atom. The van der Waals surface area contributed by atoms with Crippen LogP contribution in [-0.4, -0.2) is 59.9 Å². The van der Waals surface area contributed by atoms with Gasteiger partial charge in [-0.3, -0.25) is 9.69 Å². The van der Waals surface area contributed by atoms with E-state index in [0.29, 0.717) is 17.9 Å². The van der Waals surface area contributed by atoms with Gasteiger partial charge in [0.1, 0.15) is 11.6 Å². The maximum Gasteiger partial charge on any atom is 0.424 e. The molecular weight excluding hydrogens is 439 g/mol. The number of rotatable bonds is 5. The monoisotopic (exact) mass is 468 g/mol. The number of fused-ring (bicyclic) bond motifs is 3. The van der Waals surface area contributed by atoms with Gasteiger partial charge in [0.2, 0.25) is 5.91 Å². The number of ether oxygens (including phenoxy) is 2. The number of likely N-dealkylation sites (tertiary alicyclic amines) is 1. The molecule has 2 N–H and O–H groups in total. The van der Waals surface area contributed by atoms with Gasteiger partial charge in [0.05, 0.1) is 38.4 Å². The minimum atomic E-state index is -0.546. The van der Waals surface area contributed by atoms with Crippen molar-refractivity contribution < 1.29 is 23.5 Å². The number of halogens is 1. The minimum absolute atomic E-state index is 0.0315. The van der Waals surface area contributed by atoms with Crippen LogP contribution in [0.15, 0.2) is 48.5 Å². The van der Waals surface area contributed by atoms with E-state index >= 15 is 0 Å². The number of hydrogen-bond acceptors (Lipinski definition) is 6. The molecule has 9 heteroatoms. The summed E-state index contributed by atoms with van der Waals surface area (Å²) in [7, 11) is 1.34. The molecule has 2 fully saturated rings. The summed E-state index contributed by atoms with van der Waals surface area (Å²) in [6.45, 7) is 1.89. The SMILES string of the molecule is COC(=O)N1[C@H](c2ccccc2)[C@H]2COc3ccc(F)cc3C2N1C(CC(N)=O)N1CCCC1. The molecule has 2 aromatic carbocycles. The van der Waals surface area contributed by atoms with Crippen molar-refractivity contribution in [2.45, 2.75) is 37.5 Å². The Labute approximate surface area is 198 Å². The number of hydrogen-bond donors (Lipinski definition) is 1. The van der Waals surface area contributed by atoms with Crippen LogP contribution >= 0.6 is 0 Å². The van der Waals surface area contributed by atoms with Crippen LogP contribution in [0.4, 0.5) is 9.18 Å². The Kier molecular flexibility index (Phi) is 6.14. The maximum atomic E-state index is 14.5. The van der Waals surface area contributed by atoms with Crippen molar-refractivity contribution in [3.63, 3.8) is 0 Å². The highest BCUT2D eigenvalue weighted by atomic mass is 19.1. The second kappa shape index (κ2) is 9.23. The van der Waals surface area contributed by atoms with E-state index in [1.165, 1.54) is 19.2 Å². The Balaban J connectivity index is 1.70. The van der Waals surface area contributed by atoms with Crippen molar-refractivity contribution >= 4 is 12.0 Å². The summed E-state index contributed by atoms with van der Waals surface area (Å²) in [6, 6.07) is 13.3. The van der Waals surface area contributed by atoms with Crippen LogP contribution in [0.1, 0.15) is 42.5 Å². The van der Waals surface area contributed by atoms with Gasteiger partial charge in [-0.2, -0.15) is 5.01 Å². The van der Waals surface area contributed by atoms with Crippen LogP contribution in [0, 0.1) is 11.7 Å². The lowest BCUT2D eigenvalue weighted by atomic mass is 9.84. The first-order chi connectivity index (χ1) is 16.5. The molecular formula is C25H29FN4O4. The molecule has 2 unspecified atom stereocenters. The van der Waals surface area contributed by atoms with Crippen LogP contribution in [0.25, 0.3) is 0 Å². The molecule has 0 spiro atoms. The molecule has 0 aliphatic carbocycles. The van der Waals surface area contributed by atoms with Gasteiger partial charge in [-0.05, 0) is 49.7 Å². The molecule has 2 saturated heterocycles. The summed E-state index contributed by atoms with van der Waals surface area (Å²) in [4.78, 5) is 27.8. The van der Waals surface area contributed by atoms with Crippen molar-refractivity contribution in [2.75, 3.05) is 26.8 Å². The Bertz CT molecular complexity index is 1060. The molecule has 2 aromatic rings. The fourth-order valence-corrected chi connectivity index (χ4v) is 5.73. The fourth-order valence-electron chi connectivity index (χ4n) is 5.73. The van der Waals surface area contributed by atoms with Gasteiger partial charge in [0, 0.05) is 11.5 Å². The van der Waals surface area contributed by atoms with Crippen molar-refractivity contribution in [3.05, 3.63) is 65.5 Å². The third-order valence-corrected chi connectivity index (χ3v) is 7.08. The van der Waals surface area contributed by atoms with Gasteiger partial charge < -0.3 is 15.2 Å². The summed E-state index contributed by atoms with van der Waals surface area (Å²) in [5.41, 5.74) is 7.26. The number of amides is 2. The normalized spacial score (nSPS) is 25.4. The molecule has 0 bridgehead atoms. The average Bonchev–Trinajstić information content (AvgIpc) is 3.49. The lowest BCUT2D eigenvalue weighted by Crippen LogP contribution is -2.56. The maximum absolute atomic E-state index is 14.5. The molecule has 8 nitrogen and oxygen atoms in total. The summed E-state index contributed by atoms with van der Waals surface area (Å²) in [6.07, 6.45) is 0.992. The van der Waals surface area contributed by atoms with Crippen LogP contribution < -0.4 is 10.5 Å². The zero-order chi connectivity index (χ0) is 23.8. The second-order valence-corrected chi connectivity index (χ2v) is 9.05. The third kappa shape index (κ3) is 3.88. The van der Waals surface area contributed by atoms with Crippen molar-refractivity contribution in [1.29, 1.82) is 0 Å². The van der Waals surface area contributed by atoms with Crippen LogP contribution in [0.2, 0.25) is 0 Å². The number of benzene rings is 2. The minimum Gasteiger partial charge on any atom is -0.493 e. The van der Waals surface area contributed by atoms with Gasteiger partial charge >= 0.3 is 6.09 Å². The predicted octanol–water partition coefficient (Wildman–Crippen LogP) is 3.21. The van der Waals surface area contributed by atoms with E-state index in [2.05, 4.69) is 4.90 Å². The van der Waals surface area contributed by atoms with Crippen molar-refractivity contribution in [1.82, 2.24) is 14.9 Å². The fraction of sp³-hybridized carbons (Fsp3) is 0.440. The van der Waals surface area contributed by atoms with Gasteiger partial charge in [0.15, 0.2) is 0 Å². The van der Waals surface area contributed by atoms with E-state index in [-0.39, 0.29) is 18.2 Å². The molecule has 3 aliphatic heterocycles. The topological polar surface area (TPSA) is 88.3 Å². The Hall–Kier alpha value is -3.17. The van der Waals surface area contributed by atoms with Crippen molar-refractivity contribution in [3.8, 4) is 5.75 Å². The molecule has 5 rings (SSSR count). The first kappa shape index (κ1) is 22.6. The third-order valence-electron chi connectivity index (χ3n) is 7.08. The van der Waals surface area contributed by atoms with E-state index in [0.717, 1.165) is 31.5 Å². The number of nitrogens with two attached hydrogens (primary N) is 1. The molecule has 4 atom stereocenters. The van der Waals surface area contributed by atoms with Gasteiger partial charge in [-0.1, -0.05) is 30.3 Å². The van der Waals surface area contributed by atoms with Gasteiger partial charge in [-0.15, -0.1) is 0 Å². The summed E-state index contributed by atoms with van der Waals surface area (Å²) < 4.78 is 25.8. The summed E-state index contributed by atoms with van der Waals surface area (Å²) in [5, 5.41) is 3.50. The van der Waals surface area contributed by atoms with E-state index in [1.807, 2.05) is 35.3 Å². The lowest BCUT2D eigenvalue weighted by Gasteiger charge is -2.43. The molecule has 0 radical (unpaired) electrons. The largest absolute Gasteiger partial charge is 0.493 e. The highest BCUT2D eigenvalue weighted by Gasteiger charge is 2.57. The highest BCUT2D eigenvalue weighted by Crippen LogP contribution is 2.54. The summed E-state index contributed by atoms with van der Waals surface area (Å²) in [5.74, 6) is -0.490. The predicted molar refractivity (Wildman–Crippen MR) is 122 cm³/mol. The number of methoxy groups -OCH3 is 1. The first-order valence-electron chi connectivity index (χ1n) is 11.6. The zero-order valence-electron chi connectivity index (χ0n) is 19.1. The van der Waals surface area contributed by atoms with Crippen LogP contribution in [0.3, 0.4) is 0 Å². The standard InChI is InChI=1S/C25H29FN4O4/c1-33-25(32)30-23(16-7-3-2-4-8-16)19-15-34-20-10-9-17(26)13-18(20)24(19)29(30)22(14-21(27)31)28-11-5-6-12-28/h2-4,7-10,13,19,22-24H,5-6,11-12,14-15H2,1H3,(H2,27,31)/t19-,22?,23-,24?/m1/s1. The molecule has 2 amide bonds. The van der Waals surface area contributed by atoms with Crippen LogP contribution in [0.5, 0.6) is 5.75 Å². The number of carbonyl (C=O) groups excluding carboxylic acids is 2. The molecule has 34 heavy (non-hydrogen) atoms. The smallest absolute Gasteiger partial charge is 0.424 e.